The first-order valence-corrected chi connectivity index (χ1v) is 8.00. The topological polar surface area (TPSA) is 38.3 Å². The van der Waals surface area contributed by atoms with Gasteiger partial charge in [-0.2, -0.15) is 0 Å². The maximum Gasteiger partial charge on any atom is 0.417 e. The van der Waals surface area contributed by atoms with E-state index in [4.69, 9.17) is 4.74 Å². The minimum absolute atomic E-state index is 0.199. The molecule has 2 aromatic carbocycles. The van der Waals surface area contributed by atoms with E-state index in [9.17, 15) is 9.18 Å². The molecule has 0 saturated heterocycles. The average Bonchev–Trinajstić information content (AvgIpc) is 3.29. The van der Waals surface area contributed by atoms with E-state index in [2.05, 4.69) is 12.2 Å². The van der Waals surface area contributed by atoms with E-state index in [-0.39, 0.29) is 11.7 Å². The Morgan fingerprint density at radius 1 is 1.26 bits per heavy atom. The third-order valence-corrected chi connectivity index (χ3v) is 4.18. The lowest BCUT2D eigenvalue weighted by molar-refractivity contribution is 0.215. The molecule has 0 spiro atoms. The maximum atomic E-state index is 14.0. The third kappa shape index (κ3) is 3.89. The number of hydrogen-bond acceptors (Lipinski definition) is 2. The Hall–Kier alpha value is -2.36. The maximum absolute atomic E-state index is 14.0. The van der Waals surface area contributed by atoms with E-state index in [0.717, 1.165) is 19.3 Å². The van der Waals surface area contributed by atoms with Crippen molar-refractivity contribution in [3.05, 3.63) is 59.9 Å². The zero-order valence-corrected chi connectivity index (χ0v) is 13.1. The standard InChI is InChI=1S/C19H20FNO2/c1-2-6-13-11-16(13)17-12-14(9-10-18(17)20)21-19(22)23-15-7-4-3-5-8-15/h3-5,7-10,12-13,16H,2,6,11H2,1H3,(H,21,22). The van der Waals surface area contributed by atoms with E-state index >= 15 is 0 Å². The number of ether oxygens (including phenoxy) is 1. The molecule has 0 aliphatic heterocycles. The summed E-state index contributed by atoms with van der Waals surface area (Å²) in [5.41, 5.74) is 1.26. The molecule has 1 aliphatic carbocycles. The van der Waals surface area contributed by atoms with Crippen molar-refractivity contribution >= 4 is 11.8 Å². The number of carbonyl (C=O) groups is 1. The summed E-state index contributed by atoms with van der Waals surface area (Å²) in [4.78, 5) is 11.9. The van der Waals surface area contributed by atoms with Gasteiger partial charge in [-0.1, -0.05) is 38.0 Å². The molecule has 4 heteroatoms. The highest BCUT2D eigenvalue weighted by Gasteiger charge is 2.38. The number of benzene rings is 2. The number of halogens is 1. The lowest BCUT2D eigenvalue weighted by Gasteiger charge is -2.09. The fourth-order valence-electron chi connectivity index (χ4n) is 2.96. The van der Waals surface area contributed by atoms with Gasteiger partial charge in [-0.25, -0.2) is 9.18 Å². The molecule has 3 nitrogen and oxygen atoms in total. The molecule has 0 bridgehead atoms. The van der Waals surface area contributed by atoms with Gasteiger partial charge < -0.3 is 4.74 Å². The molecule has 1 saturated carbocycles. The molecule has 2 atom stereocenters. The molecular formula is C19H20FNO2. The van der Waals surface area contributed by atoms with Crippen LogP contribution in [0.2, 0.25) is 0 Å². The average molecular weight is 313 g/mol. The monoisotopic (exact) mass is 313 g/mol. The number of amides is 1. The van der Waals surface area contributed by atoms with E-state index < -0.39 is 6.09 Å². The summed E-state index contributed by atoms with van der Waals surface area (Å²) in [7, 11) is 0. The summed E-state index contributed by atoms with van der Waals surface area (Å²) < 4.78 is 19.2. The van der Waals surface area contributed by atoms with Crippen molar-refractivity contribution in [2.24, 2.45) is 5.92 Å². The smallest absolute Gasteiger partial charge is 0.410 e. The molecule has 3 rings (SSSR count). The van der Waals surface area contributed by atoms with Crippen LogP contribution in [-0.4, -0.2) is 6.09 Å². The van der Waals surface area contributed by atoms with E-state index in [0.29, 0.717) is 22.9 Å². The van der Waals surface area contributed by atoms with Crippen molar-refractivity contribution in [1.29, 1.82) is 0 Å². The molecule has 2 aromatic rings. The predicted molar refractivity (Wildman–Crippen MR) is 88.2 cm³/mol. The molecule has 23 heavy (non-hydrogen) atoms. The Balaban J connectivity index is 1.65. The van der Waals surface area contributed by atoms with Crippen molar-refractivity contribution < 1.29 is 13.9 Å². The zero-order chi connectivity index (χ0) is 16.2. The number of rotatable bonds is 5. The number of carbonyl (C=O) groups excluding carboxylic acids is 1. The van der Waals surface area contributed by atoms with Crippen molar-refractivity contribution in [1.82, 2.24) is 0 Å². The van der Waals surface area contributed by atoms with Crippen LogP contribution < -0.4 is 10.1 Å². The summed E-state index contributed by atoms with van der Waals surface area (Å²) in [6.45, 7) is 2.14. The molecule has 0 radical (unpaired) electrons. The second kappa shape index (κ2) is 6.82. The molecule has 2 unspecified atom stereocenters. The first-order valence-electron chi connectivity index (χ1n) is 8.00. The second-order valence-corrected chi connectivity index (χ2v) is 5.95. The van der Waals surface area contributed by atoms with Crippen LogP contribution in [0.5, 0.6) is 5.75 Å². The molecule has 1 fully saturated rings. The lowest BCUT2D eigenvalue weighted by atomic mass is 10.1. The highest BCUT2D eigenvalue weighted by Crippen LogP contribution is 2.51. The number of para-hydroxylation sites is 1. The zero-order valence-electron chi connectivity index (χ0n) is 13.1. The Kier molecular flexibility index (Phi) is 4.60. The highest BCUT2D eigenvalue weighted by atomic mass is 19.1. The van der Waals surface area contributed by atoms with Gasteiger partial charge in [0.2, 0.25) is 0 Å². The van der Waals surface area contributed by atoms with Gasteiger partial charge in [0, 0.05) is 5.69 Å². The first kappa shape index (κ1) is 15.5. The molecule has 0 heterocycles. The van der Waals surface area contributed by atoms with E-state index in [1.54, 1.807) is 36.4 Å². The second-order valence-electron chi connectivity index (χ2n) is 5.95. The van der Waals surface area contributed by atoms with Crippen molar-refractivity contribution in [3.63, 3.8) is 0 Å². The summed E-state index contributed by atoms with van der Waals surface area (Å²) in [6.07, 6.45) is 2.69. The Labute approximate surface area is 135 Å². The number of nitrogens with one attached hydrogen (secondary N) is 1. The van der Waals surface area contributed by atoms with Gasteiger partial charge in [0.25, 0.3) is 0 Å². The van der Waals surface area contributed by atoms with Crippen LogP contribution in [0.1, 0.15) is 37.7 Å². The molecule has 120 valence electrons. The van der Waals surface area contributed by atoms with Crippen LogP contribution in [-0.2, 0) is 0 Å². The normalized spacial score (nSPS) is 19.2. The SMILES string of the molecule is CCCC1CC1c1cc(NC(=O)Oc2ccccc2)ccc1F. The van der Waals surface area contributed by atoms with E-state index in [1.807, 2.05) is 6.07 Å². The highest BCUT2D eigenvalue weighted by molar-refractivity contribution is 5.86. The van der Waals surface area contributed by atoms with Gasteiger partial charge >= 0.3 is 6.09 Å². The van der Waals surface area contributed by atoms with E-state index in [1.165, 1.54) is 6.07 Å². The summed E-state index contributed by atoms with van der Waals surface area (Å²) >= 11 is 0. The van der Waals surface area contributed by atoms with Crippen LogP contribution in [0.15, 0.2) is 48.5 Å². The Bertz CT molecular complexity index is 687. The van der Waals surface area contributed by atoms with Gasteiger partial charge in [0.1, 0.15) is 11.6 Å². The van der Waals surface area contributed by atoms with Gasteiger partial charge in [0.05, 0.1) is 0 Å². The van der Waals surface area contributed by atoms with Gasteiger partial charge in [-0.3, -0.25) is 5.32 Å². The third-order valence-electron chi connectivity index (χ3n) is 4.18. The van der Waals surface area contributed by atoms with Crippen LogP contribution in [0.4, 0.5) is 14.9 Å². The van der Waals surface area contributed by atoms with Crippen LogP contribution >= 0.6 is 0 Å². The van der Waals surface area contributed by atoms with Crippen LogP contribution in [0.3, 0.4) is 0 Å². The minimum atomic E-state index is -0.574. The van der Waals surface area contributed by atoms with Gasteiger partial charge in [-0.15, -0.1) is 0 Å². The number of hydrogen-bond donors (Lipinski definition) is 1. The van der Waals surface area contributed by atoms with Crippen molar-refractivity contribution in [2.75, 3.05) is 5.32 Å². The first-order chi connectivity index (χ1) is 11.2. The number of anilines is 1. The summed E-state index contributed by atoms with van der Waals surface area (Å²) in [5, 5.41) is 2.66. The molecular weight excluding hydrogens is 293 g/mol. The minimum Gasteiger partial charge on any atom is -0.410 e. The molecule has 1 N–H and O–H groups in total. The largest absolute Gasteiger partial charge is 0.417 e. The van der Waals surface area contributed by atoms with Gasteiger partial charge in [0.15, 0.2) is 0 Å². The lowest BCUT2D eigenvalue weighted by Crippen LogP contribution is -2.16. The van der Waals surface area contributed by atoms with Crippen LogP contribution in [0.25, 0.3) is 0 Å². The fraction of sp³-hybridized carbons (Fsp3) is 0.316. The predicted octanol–water partition coefficient (Wildman–Crippen LogP) is 5.34. The molecule has 1 amide bonds. The quantitative estimate of drug-likeness (QED) is 0.809. The Morgan fingerprint density at radius 3 is 2.78 bits per heavy atom. The summed E-state index contributed by atoms with van der Waals surface area (Å²) in [6, 6.07) is 13.5. The van der Waals surface area contributed by atoms with Gasteiger partial charge in [-0.05, 0) is 54.2 Å². The summed E-state index contributed by atoms with van der Waals surface area (Å²) in [5.74, 6) is 1.12. The molecule has 1 aliphatic rings. The van der Waals surface area contributed by atoms with Crippen LogP contribution in [0, 0.1) is 11.7 Å². The van der Waals surface area contributed by atoms with Crippen molar-refractivity contribution in [2.45, 2.75) is 32.1 Å². The fourth-order valence-corrected chi connectivity index (χ4v) is 2.96. The Morgan fingerprint density at radius 2 is 2.04 bits per heavy atom. The van der Waals surface area contributed by atoms with Crippen molar-refractivity contribution in [3.8, 4) is 5.75 Å². The molecule has 0 aromatic heterocycles.